The minimum Gasteiger partial charge on any atom is -0.302 e. The zero-order valence-corrected chi connectivity index (χ0v) is 15.9. The first kappa shape index (κ1) is 16.5. The molecule has 1 aliphatic rings. The van der Waals surface area contributed by atoms with Crippen molar-refractivity contribution in [2.75, 3.05) is 11.6 Å². The highest BCUT2D eigenvalue weighted by Gasteiger charge is 2.26. The molecule has 1 amide bonds. The highest BCUT2D eigenvalue weighted by atomic mass is 32.2. The standard InChI is InChI=1S/C16H18N6OS2/c1-8-11(9(2)22-14(17-8)20-16(21-22)24-3)6-13(23)19-15-18-12(7-25-15)10-4-5-10/h7,10H,4-6H2,1-3H3,(H,18,19,23). The van der Waals surface area contributed by atoms with Crippen molar-refractivity contribution in [2.24, 2.45) is 0 Å². The average molecular weight is 374 g/mol. The van der Waals surface area contributed by atoms with Crippen molar-refractivity contribution in [1.29, 1.82) is 0 Å². The molecule has 0 aliphatic heterocycles. The van der Waals surface area contributed by atoms with Gasteiger partial charge in [-0.2, -0.15) is 4.98 Å². The number of thioether (sulfide) groups is 1. The maximum atomic E-state index is 12.5. The zero-order valence-electron chi connectivity index (χ0n) is 14.2. The number of anilines is 1. The summed E-state index contributed by atoms with van der Waals surface area (Å²) >= 11 is 2.96. The molecule has 0 spiro atoms. The van der Waals surface area contributed by atoms with Crippen LogP contribution in [0.15, 0.2) is 10.5 Å². The molecule has 3 heterocycles. The van der Waals surface area contributed by atoms with E-state index in [0.29, 0.717) is 22.0 Å². The molecule has 1 N–H and O–H groups in total. The molecular formula is C16H18N6OS2. The lowest BCUT2D eigenvalue weighted by Gasteiger charge is -2.09. The summed E-state index contributed by atoms with van der Waals surface area (Å²) < 4.78 is 1.70. The van der Waals surface area contributed by atoms with Crippen molar-refractivity contribution in [3.63, 3.8) is 0 Å². The smallest absolute Gasteiger partial charge is 0.253 e. The number of aromatic nitrogens is 5. The summed E-state index contributed by atoms with van der Waals surface area (Å²) in [6.07, 6.45) is 4.58. The minimum absolute atomic E-state index is 0.0887. The molecule has 1 saturated carbocycles. The fourth-order valence-corrected chi connectivity index (χ4v) is 3.91. The Bertz CT molecular complexity index is 959. The highest BCUT2D eigenvalue weighted by molar-refractivity contribution is 7.98. The number of fused-ring (bicyclic) bond motifs is 1. The summed E-state index contributed by atoms with van der Waals surface area (Å²) in [4.78, 5) is 25.8. The maximum absolute atomic E-state index is 12.5. The fraction of sp³-hybridized carbons (Fsp3) is 0.438. The van der Waals surface area contributed by atoms with Crippen molar-refractivity contribution in [1.82, 2.24) is 24.6 Å². The summed E-state index contributed by atoms with van der Waals surface area (Å²) in [6.45, 7) is 3.84. The fourth-order valence-electron chi connectivity index (χ4n) is 2.77. The predicted molar refractivity (Wildman–Crippen MR) is 98.5 cm³/mol. The van der Waals surface area contributed by atoms with E-state index in [4.69, 9.17) is 0 Å². The Balaban J connectivity index is 1.55. The van der Waals surface area contributed by atoms with Crippen LogP contribution in [0, 0.1) is 13.8 Å². The number of amides is 1. The Morgan fingerprint density at radius 1 is 1.36 bits per heavy atom. The minimum atomic E-state index is -0.0887. The molecule has 7 nitrogen and oxygen atoms in total. The molecule has 3 aromatic heterocycles. The van der Waals surface area contributed by atoms with Gasteiger partial charge in [0.2, 0.25) is 11.1 Å². The van der Waals surface area contributed by atoms with E-state index in [1.807, 2.05) is 25.5 Å². The van der Waals surface area contributed by atoms with Crippen LogP contribution in [0.3, 0.4) is 0 Å². The number of hydrogen-bond acceptors (Lipinski definition) is 7. The number of nitrogens with zero attached hydrogens (tertiary/aromatic N) is 5. The molecule has 0 unspecified atom stereocenters. The van der Waals surface area contributed by atoms with Gasteiger partial charge in [0, 0.05) is 28.2 Å². The van der Waals surface area contributed by atoms with Crippen LogP contribution in [0.4, 0.5) is 5.13 Å². The number of carbonyl (C=O) groups excluding carboxylic acids is 1. The SMILES string of the molecule is CSc1nc2nc(C)c(CC(=O)Nc3nc(C4CC4)cs3)c(C)n2n1. The monoisotopic (exact) mass is 374 g/mol. The summed E-state index contributed by atoms with van der Waals surface area (Å²) in [6, 6.07) is 0. The van der Waals surface area contributed by atoms with Crippen molar-refractivity contribution in [2.45, 2.75) is 44.2 Å². The van der Waals surface area contributed by atoms with E-state index in [1.165, 1.54) is 35.9 Å². The molecule has 0 bridgehead atoms. The van der Waals surface area contributed by atoms with Crippen LogP contribution in [0.1, 0.15) is 41.4 Å². The van der Waals surface area contributed by atoms with Crippen molar-refractivity contribution < 1.29 is 4.79 Å². The van der Waals surface area contributed by atoms with Gasteiger partial charge < -0.3 is 5.32 Å². The summed E-state index contributed by atoms with van der Waals surface area (Å²) in [5, 5.41) is 10.7. The quantitative estimate of drug-likeness (QED) is 0.691. The van der Waals surface area contributed by atoms with Crippen LogP contribution in [-0.2, 0) is 11.2 Å². The van der Waals surface area contributed by atoms with Gasteiger partial charge in [-0.25, -0.2) is 14.5 Å². The topological polar surface area (TPSA) is 85.1 Å². The molecule has 0 atom stereocenters. The second kappa shape index (κ2) is 6.38. The van der Waals surface area contributed by atoms with Crippen LogP contribution < -0.4 is 5.32 Å². The summed E-state index contributed by atoms with van der Waals surface area (Å²) in [5.41, 5.74) is 3.67. The van der Waals surface area contributed by atoms with Gasteiger partial charge in [-0.1, -0.05) is 11.8 Å². The van der Waals surface area contributed by atoms with Crippen LogP contribution in [0.5, 0.6) is 0 Å². The molecule has 0 aromatic carbocycles. The predicted octanol–water partition coefficient (Wildman–Crippen LogP) is 2.98. The van der Waals surface area contributed by atoms with E-state index >= 15 is 0 Å². The number of nitrogens with one attached hydrogen (secondary N) is 1. The number of hydrogen-bond donors (Lipinski definition) is 1. The molecule has 25 heavy (non-hydrogen) atoms. The molecule has 1 aliphatic carbocycles. The van der Waals surface area contributed by atoms with Gasteiger partial charge in [0.25, 0.3) is 5.78 Å². The van der Waals surface area contributed by atoms with Gasteiger partial charge in [-0.15, -0.1) is 16.4 Å². The van der Waals surface area contributed by atoms with Gasteiger partial charge in [-0.05, 0) is 32.9 Å². The zero-order chi connectivity index (χ0) is 17.6. The van der Waals surface area contributed by atoms with Gasteiger partial charge in [0.05, 0.1) is 12.1 Å². The van der Waals surface area contributed by atoms with Crippen molar-refractivity contribution >= 4 is 39.9 Å². The number of rotatable bonds is 5. The third kappa shape index (κ3) is 3.25. The lowest BCUT2D eigenvalue weighted by molar-refractivity contribution is -0.115. The third-order valence-electron chi connectivity index (χ3n) is 4.31. The second-order valence-electron chi connectivity index (χ2n) is 6.15. The Morgan fingerprint density at radius 2 is 2.16 bits per heavy atom. The highest BCUT2D eigenvalue weighted by Crippen LogP contribution is 2.40. The van der Waals surface area contributed by atoms with Gasteiger partial charge in [-0.3, -0.25) is 4.79 Å². The molecule has 9 heteroatoms. The Labute approximate surface area is 153 Å². The van der Waals surface area contributed by atoms with E-state index in [9.17, 15) is 4.79 Å². The third-order valence-corrected chi connectivity index (χ3v) is 5.63. The lowest BCUT2D eigenvalue weighted by Crippen LogP contribution is -2.17. The van der Waals surface area contributed by atoms with Gasteiger partial charge >= 0.3 is 0 Å². The Kier molecular flexibility index (Phi) is 4.20. The average Bonchev–Trinajstić information content (AvgIpc) is 3.19. The van der Waals surface area contributed by atoms with E-state index in [2.05, 4.69) is 25.4 Å². The van der Waals surface area contributed by atoms with Gasteiger partial charge in [0.15, 0.2) is 5.13 Å². The van der Waals surface area contributed by atoms with E-state index < -0.39 is 0 Å². The number of thiazole rings is 1. The Hall–Kier alpha value is -2.00. The maximum Gasteiger partial charge on any atom is 0.253 e. The number of aryl methyl sites for hydroxylation is 2. The van der Waals surface area contributed by atoms with E-state index in [1.54, 1.807) is 4.52 Å². The molecule has 130 valence electrons. The number of carbonyl (C=O) groups is 1. The molecule has 3 aromatic rings. The van der Waals surface area contributed by atoms with Crippen LogP contribution in [-0.4, -0.2) is 36.7 Å². The molecule has 4 rings (SSSR count). The van der Waals surface area contributed by atoms with Crippen LogP contribution in [0.2, 0.25) is 0 Å². The van der Waals surface area contributed by atoms with E-state index in [0.717, 1.165) is 22.6 Å². The first-order chi connectivity index (χ1) is 12.0. The van der Waals surface area contributed by atoms with Gasteiger partial charge in [0.1, 0.15) is 0 Å². The van der Waals surface area contributed by atoms with Crippen molar-refractivity contribution in [3.05, 3.63) is 28.0 Å². The summed E-state index contributed by atoms with van der Waals surface area (Å²) in [5.74, 6) is 1.07. The van der Waals surface area contributed by atoms with Crippen LogP contribution in [0.25, 0.3) is 5.78 Å². The molecule has 0 saturated heterocycles. The van der Waals surface area contributed by atoms with E-state index in [-0.39, 0.29) is 12.3 Å². The summed E-state index contributed by atoms with van der Waals surface area (Å²) in [7, 11) is 0. The van der Waals surface area contributed by atoms with Crippen molar-refractivity contribution in [3.8, 4) is 0 Å². The molecule has 1 fully saturated rings. The lowest BCUT2D eigenvalue weighted by atomic mass is 10.1. The largest absolute Gasteiger partial charge is 0.302 e. The second-order valence-corrected chi connectivity index (χ2v) is 7.78. The molecule has 0 radical (unpaired) electrons. The molecular weight excluding hydrogens is 356 g/mol. The normalized spacial score (nSPS) is 14.2. The van der Waals surface area contributed by atoms with Crippen LogP contribution >= 0.6 is 23.1 Å². The first-order valence-corrected chi connectivity index (χ1v) is 10.2. The first-order valence-electron chi connectivity index (χ1n) is 8.07. The Morgan fingerprint density at radius 3 is 2.88 bits per heavy atom.